The molecular formula is C13H13BrF3NO2. The third-order valence-electron chi connectivity index (χ3n) is 3.52. The molecule has 0 bridgehead atoms. The molecule has 1 aromatic rings. The van der Waals surface area contributed by atoms with Crippen LogP contribution in [0.3, 0.4) is 0 Å². The van der Waals surface area contributed by atoms with Gasteiger partial charge >= 0.3 is 12.1 Å². The molecule has 3 rings (SSSR count). The maximum absolute atomic E-state index is 10.6. The van der Waals surface area contributed by atoms with Crippen molar-refractivity contribution in [2.45, 2.75) is 31.0 Å². The Kier molecular flexibility index (Phi) is 4.11. The van der Waals surface area contributed by atoms with Crippen molar-refractivity contribution in [2.24, 2.45) is 0 Å². The van der Waals surface area contributed by atoms with Crippen LogP contribution in [0.4, 0.5) is 13.2 Å². The van der Waals surface area contributed by atoms with Crippen molar-refractivity contribution in [2.75, 3.05) is 6.54 Å². The summed E-state index contributed by atoms with van der Waals surface area (Å²) >= 11 is 3.55. The number of carboxylic acids is 1. The molecule has 1 fully saturated rings. The average molecular weight is 352 g/mol. The molecule has 1 aromatic carbocycles. The van der Waals surface area contributed by atoms with Gasteiger partial charge in [-0.3, -0.25) is 0 Å². The quantitative estimate of drug-likeness (QED) is 0.754. The van der Waals surface area contributed by atoms with E-state index < -0.39 is 12.1 Å². The molecule has 1 spiro atoms. The number of carboxylic acid groups (broad SMARTS) is 1. The monoisotopic (exact) mass is 351 g/mol. The number of carbonyl (C=O) groups is 1. The molecule has 1 aliphatic heterocycles. The first kappa shape index (κ1) is 15.3. The van der Waals surface area contributed by atoms with E-state index in [0.717, 1.165) is 6.54 Å². The predicted molar refractivity (Wildman–Crippen MR) is 70.5 cm³/mol. The van der Waals surface area contributed by atoms with Gasteiger partial charge in [-0.25, -0.2) is 4.79 Å². The first-order chi connectivity index (χ1) is 9.24. The van der Waals surface area contributed by atoms with Crippen molar-refractivity contribution in [1.82, 2.24) is 5.32 Å². The summed E-state index contributed by atoms with van der Waals surface area (Å²) in [7, 11) is 0. The van der Waals surface area contributed by atoms with Gasteiger partial charge in [0.25, 0.3) is 0 Å². The molecular weight excluding hydrogens is 339 g/mol. The van der Waals surface area contributed by atoms with E-state index in [1.54, 1.807) is 5.56 Å². The van der Waals surface area contributed by atoms with Gasteiger partial charge in [0.1, 0.15) is 0 Å². The highest BCUT2D eigenvalue weighted by Crippen LogP contribution is 2.50. The van der Waals surface area contributed by atoms with E-state index in [1.165, 1.54) is 29.4 Å². The molecule has 0 radical (unpaired) electrons. The zero-order valence-corrected chi connectivity index (χ0v) is 12.0. The Morgan fingerprint density at radius 3 is 2.45 bits per heavy atom. The van der Waals surface area contributed by atoms with Gasteiger partial charge in [0, 0.05) is 23.0 Å². The number of benzene rings is 1. The molecule has 20 heavy (non-hydrogen) atoms. The minimum Gasteiger partial charge on any atom is -0.475 e. The fraction of sp³-hybridized carbons (Fsp3) is 0.462. The third-order valence-corrected chi connectivity index (χ3v) is 4.01. The Morgan fingerprint density at radius 1 is 1.35 bits per heavy atom. The third kappa shape index (κ3) is 3.32. The summed E-state index contributed by atoms with van der Waals surface area (Å²) < 4.78 is 33.0. The Hall–Kier alpha value is -1.08. The second-order valence-electron chi connectivity index (χ2n) is 4.99. The maximum atomic E-state index is 10.6. The minimum absolute atomic E-state index is 0.511. The summed E-state index contributed by atoms with van der Waals surface area (Å²) in [5.41, 5.74) is 3.59. The number of fused-ring (bicyclic) bond motifs is 2. The molecule has 110 valence electrons. The van der Waals surface area contributed by atoms with Crippen LogP contribution < -0.4 is 5.32 Å². The zero-order chi connectivity index (χ0) is 15.0. The van der Waals surface area contributed by atoms with E-state index in [4.69, 9.17) is 9.90 Å². The summed E-state index contributed by atoms with van der Waals surface area (Å²) in [5.74, 6) is -2.76. The first-order valence-electron chi connectivity index (χ1n) is 6.04. The first-order valence-corrected chi connectivity index (χ1v) is 6.84. The van der Waals surface area contributed by atoms with Crippen LogP contribution in [0, 0.1) is 0 Å². The maximum Gasteiger partial charge on any atom is 0.490 e. The van der Waals surface area contributed by atoms with E-state index >= 15 is 0 Å². The van der Waals surface area contributed by atoms with Gasteiger partial charge in [0.05, 0.1) is 0 Å². The van der Waals surface area contributed by atoms with Crippen LogP contribution >= 0.6 is 15.9 Å². The van der Waals surface area contributed by atoms with E-state index in [0.29, 0.717) is 5.41 Å². The number of rotatable bonds is 0. The van der Waals surface area contributed by atoms with Crippen molar-refractivity contribution in [3.05, 3.63) is 33.8 Å². The van der Waals surface area contributed by atoms with Crippen LogP contribution in [-0.4, -0.2) is 23.8 Å². The van der Waals surface area contributed by atoms with Crippen molar-refractivity contribution < 1.29 is 23.1 Å². The summed E-state index contributed by atoms with van der Waals surface area (Å²) in [5, 5.41) is 10.6. The summed E-state index contributed by atoms with van der Waals surface area (Å²) in [6, 6.07) is 6.69. The number of aliphatic carboxylic acids is 1. The molecule has 1 saturated carbocycles. The van der Waals surface area contributed by atoms with Crippen molar-refractivity contribution in [1.29, 1.82) is 0 Å². The normalized spacial score (nSPS) is 18.8. The topological polar surface area (TPSA) is 49.3 Å². The lowest BCUT2D eigenvalue weighted by Gasteiger charge is -2.26. The van der Waals surface area contributed by atoms with Crippen molar-refractivity contribution >= 4 is 21.9 Å². The van der Waals surface area contributed by atoms with Crippen molar-refractivity contribution in [3.63, 3.8) is 0 Å². The zero-order valence-electron chi connectivity index (χ0n) is 10.4. The van der Waals surface area contributed by atoms with Gasteiger partial charge in [0.2, 0.25) is 0 Å². The lowest BCUT2D eigenvalue weighted by molar-refractivity contribution is -0.192. The van der Waals surface area contributed by atoms with E-state index in [2.05, 4.69) is 39.4 Å². The standard InChI is InChI=1S/C11H12BrN.C2HF3O2/c12-9-2-1-8-6-13-7-11(3-4-11)10(8)5-9;3-2(4,5)1(6)7/h1-2,5,13H,3-4,6-7H2;(H,6,7). The van der Waals surface area contributed by atoms with Gasteiger partial charge in [-0.05, 0) is 36.1 Å². The van der Waals surface area contributed by atoms with Gasteiger partial charge < -0.3 is 10.4 Å². The highest BCUT2D eigenvalue weighted by atomic mass is 79.9. The Balaban J connectivity index is 0.000000182. The largest absolute Gasteiger partial charge is 0.490 e. The molecule has 0 saturated heterocycles. The van der Waals surface area contributed by atoms with E-state index in [9.17, 15) is 13.2 Å². The molecule has 2 aliphatic rings. The fourth-order valence-corrected chi connectivity index (χ4v) is 2.69. The number of hydrogen-bond acceptors (Lipinski definition) is 2. The second kappa shape index (κ2) is 5.37. The molecule has 0 unspecified atom stereocenters. The van der Waals surface area contributed by atoms with Crippen LogP contribution in [0.5, 0.6) is 0 Å². The Bertz CT molecular complexity index is 527. The van der Waals surface area contributed by atoms with Crippen LogP contribution in [0.25, 0.3) is 0 Å². The number of halogens is 4. The lowest BCUT2D eigenvalue weighted by atomic mass is 9.88. The highest BCUT2D eigenvalue weighted by molar-refractivity contribution is 9.10. The van der Waals surface area contributed by atoms with Crippen LogP contribution in [0.2, 0.25) is 0 Å². The second-order valence-corrected chi connectivity index (χ2v) is 5.90. The highest BCUT2D eigenvalue weighted by Gasteiger charge is 2.46. The number of alkyl halides is 3. The lowest BCUT2D eigenvalue weighted by Crippen LogP contribution is -2.33. The van der Waals surface area contributed by atoms with Gasteiger partial charge in [0.15, 0.2) is 0 Å². The fourth-order valence-electron chi connectivity index (χ4n) is 2.33. The van der Waals surface area contributed by atoms with Crippen LogP contribution in [0.15, 0.2) is 22.7 Å². The molecule has 0 amide bonds. The van der Waals surface area contributed by atoms with Crippen LogP contribution in [-0.2, 0) is 16.8 Å². The smallest absolute Gasteiger partial charge is 0.475 e. The van der Waals surface area contributed by atoms with E-state index in [1.807, 2.05) is 0 Å². The molecule has 0 atom stereocenters. The molecule has 1 heterocycles. The number of hydrogen-bond donors (Lipinski definition) is 2. The predicted octanol–water partition coefficient (Wildman–Crippen LogP) is 3.22. The molecule has 2 N–H and O–H groups in total. The number of nitrogens with one attached hydrogen (secondary N) is 1. The summed E-state index contributed by atoms with van der Waals surface area (Å²) in [6.07, 6.45) is -2.35. The average Bonchev–Trinajstić information content (AvgIpc) is 3.11. The van der Waals surface area contributed by atoms with Gasteiger partial charge in [-0.1, -0.05) is 22.0 Å². The molecule has 0 aromatic heterocycles. The van der Waals surface area contributed by atoms with E-state index in [-0.39, 0.29) is 0 Å². The SMILES string of the molecule is Brc1ccc2c(c1)C1(CC1)CNC2.O=C(O)C(F)(F)F. The molecule has 7 heteroatoms. The minimum atomic E-state index is -5.08. The summed E-state index contributed by atoms with van der Waals surface area (Å²) in [4.78, 5) is 8.90. The Labute approximate surface area is 122 Å². The molecule has 1 aliphatic carbocycles. The van der Waals surface area contributed by atoms with Gasteiger partial charge in [-0.15, -0.1) is 0 Å². The Morgan fingerprint density at radius 2 is 1.95 bits per heavy atom. The summed E-state index contributed by atoms with van der Waals surface area (Å²) in [6.45, 7) is 2.22. The molecule has 3 nitrogen and oxygen atoms in total. The van der Waals surface area contributed by atoms with Gasteiger partial charge in [-0.2, -0.15) is 13.2 Å². The van der Waals surface area contributed by atoms with Crippen LogP contribution in [0.1, 0.15) is 24.0 Å². The van der Waals surface area contributed by atoms with Crippen molar-refractivity contribution in [3.8, 4) is 0 Å².